The lowest BCUT2D eigenvalue weighted by Gasteiger charge is -2.34. The number of hydrogen-bond donors (Lipinski definition) is 0. The first kappa shape index (κ1) is 40.1. The monoisotopic (exact) mass is 907 g/mol. The molecule has 4 heteroatoms. The molecule has 11 aromatic carbocycles. The summed E-state index contributed by atoms with van der Waals surface area (Å²) in [5.41, 5.74) is 13.0. The molecule has 70 heavy (non-hydrogen) atoms. The summed E-state index contributed by atoms with van der Waals surface area (Å²) < 4.78 is 7.40. The lowest BCUT2D eigenvalue weighted by Crippen LogP contribution is -2.74. The summed E-state index contributed by atoms with van der Waals surface area (Å²) in [5.74, 6) is 0. The molecule has 3 heterocycles. The number of benzene rings is 11. The van der Waals surface area contributed by atoms with E-state index in [9.17, 15) is 0 Å². The number of aromatic nitrogens is 3. The first-order valence-electron chi connectivity index (χ1n) is 24.2. The van der Waals surface area contributed by atoms with Crippen LogP contribution in [-0.4, -0.2) is 21.8 Å². The van der Waals surface area contributed by atoms with E-state index in [4.69, 9.17) is 0 Å². The molecule has 0 aliphatic heterocycles. The predicted molar refractivity (Wildman–Crippen MR) is 299 cm³/mol. The smallest absolute Gasteiger partial charge is 0.179 e. The molecule has 0 spiro atoms. The zero-order valence-electron chi connectivity index (χ0n) is 38.3. The molecule has 3 nitrogen and oxygen atoms in total. The van der Waals surface area contributed by atoms with Gasteiger partial charge in [0.2, 0.25) is 0 Å². The van der Waals surface area contributed by atoms with Crippen LogP contribution < -0.4 is 20.7 Å². The number of para-hydroxylation sites is 4. The quantitative estimate of drug-likeness (QED) is 0.107. The first-order valence-corrected chi connectivity index (χ1v) is 26.2. The highest BCUT2D eigenvalue weighted by Gasteiger charge is 2.41. The molecule has 3 aromatic heterocycles. The van der Waals surface area contributed by atoms with Gasteiger partial charge in [-0.15, -0.1) is 0 Å². The van der Waals surface area contributed by atoms with Gasteiger partial charge in [0, 0.05) is 43.7 Å². The zero-order chi connectivity index (χ0) is 46.2. The van der Waals surface area contributed by atoms with Gasteiger partial charge in [0.15, 0.2) is 8.07 Å². The van der Waals surface area contributed by atoms with Crippen LogP contribution >= 0.6 is 0 Å². The standard InChI is InChI=1S/C66H45N3Si/c1-5-21-48(22-6-1)67-59-34-16-13-31-54(59)56-41-39-47(44-65(56)67)46-40-42-62-58(43-46)55-32-14-17-35-60(55)69(62)64-38-20-37-63-66(64)57-33-15-18-36-61(57)68(63)49-23-19-30-53(45-49)70(50-24-7-2-8-25-50,51-26-9-3-10-27-51)52-28-11-4-12-29-52/h1-45H. The number of rotatable bonds is 8. The maximum absolute atomic E-state index is 2.78. The van der Waals surface area contributed by atoms with Crippen LogP contribution in [0.2, 0.25) is 0 Å². The van der Waals surface area contributed by atoms with Crippen molar-refractivity contribution in [2.45, 2.75) is 0 Å². The van der Waals surface area contributed by atoms with Crippen LogP contribution in [0.3, 0.4) is 0 Å². The van der Waals surface area contributed by atoms with Crippen molar-refractivity contribution in [2.24, 2.45) is 0 Å². The van der Waals surface area contributed by atoms with Gasteiger partial charge in [-0.3, -0.25) is 0 Å². The minimum Gasteiger partial charge on any atom is -0.309 e. The molecule has 0 aliphatic carbocycles. The second-order valence-corrected chi connectivity index (χ2v) is 22.2. The van der Waals surface area contributed by atoms with Crippen LogP contribution in [-0.2, 0) is 0 Å². The van der Waals surface area contributed by atoms with E-state index >= 15 is 0 Å². The van der Waals surface area contributed by atoms with Gasteiger partial charge in [0.1, 0.15) is 0 Å². The van der Waals surface area contributed by atoms with Crippen LogP contribution in [0.1, 0.15) is 0 Å². The summed E-state index contributed by atoms with van der Waals surface area (Å²) in [6.45, 7) is 0. The summed E-state index contributed by atoms with van der Waals surface area (Å²) in [5, 5.41) is 12.9. The normalized spacial score (nSPS) is 12.0. The van der Waals surface area contributed by atoms with Crippen molar-refractivity contribution < 1.29 is 0 Å². The Bertz CT molecular complexity index is 4180. The average molecular weight is 908 g/mol. The first-order chi connectivity index (χ1) is 34.8. The molecule has 0 saturated carbocycles. The summed E-state index contributed by atoms with van der Waals surface area (Å²) in [7, 11) is -2.78. The van der Waals surface area contributed by atoms with Crippen molar-refractivity contribution in [3.8, 4) is 28.2 Å². The Morgan fingerprint density at radius 3 is 1.31 bits per heavy atom. The molecular formula is C66H45N3Si. The van der Waals surface area contributed by atoms with E-state index in [-0.39, 0.29) is 0 Å². The van der Waals surface area contributed by atoms with Crippen molar-refractivity contribution in [3.63, 3.8) is 0 Å². The molecule has 14 aromatic rings. The second kappa shape index (κ2) is 16.1. The van der Waals surface area contributed by atoms with Gasteiger partial charge in [0.25, 0.3) is 0 Å². The van der Waals surface area contributed by atoms with E-state index in [1.54, 1.807) is 0 Å². The molecule has 0 N–H and O–H groups in total. The molecule has 0 bridgehead atoms. The third-order valence-corrected chi connectivity index (χ3v) is 19.5. The zero-order valence-corrected chi connectivity index (χ0v) is 39.3. The van der Waals surface area contributed by atoms with Crippen molar-refractivity contribution in [1.29, 1.82) is 0 Å². The molecule has 328 valence electrons. The third kappa shape index (κ3) is 6.00. The van der Waals surface area contributed by atoms with E-state index in [0.29, 0.717) is 0 Å². The van der Waals surface area contributed by atoms with Crippen molar-refractivity contribution in [2.75, 3.05) is 0 Å². The van der Waals surface area contributed by atoms with Crippen LogP contribution in [0.4, 0.5) is 0 Å². The van der Waals surface area contributed by atoms with Gasteiger partial charge in [-0.2, -0.15) is 0 Å². The molecule has 14 rings (SSSR count). The molecule has 0 atom stereocenters. The summed E-state index contributed by atoms with van der Waals surface area (Å²) in [6, 6.07) is 101. The van der Waals surface area contributed by atoms with Gasteiger partial charge in [0.05, 0.1) is 38.8 Å². The summed E-state index contributed by atoms with van der Waals surface area (Å²) in [6.07, 6.45) is 0. The molecule has 0 amide bonds. The van der Waals surface area contributed by atoms with Crippen molar-refractivity contribution in [3.05, 3.63) is 273 Å². The van der Waals surface area contributed by atoms with Crippen LogP contribution in [0.25, 0.3) is 93.6 Å². The fourth-order valence-corrected chi connectivity index (χ4v) is 16.6. The lowest BCUT2D eigenvalue weighted by atomic mass is 10.0. The summed E-state index contributed by atoms with van der Waals surface area (Å²) >= 11 is 0. The highest BCUT2D eigenvalue weighted by molar-refractivity contribution is 7.19. The fraction of sp³-hybridized carbons (Fsp3) is 0. The number of nitrogens with zero attached hydrogens (tertiary/aromatic N) is 3. The van der Waals surface area contributed by atoms with Gasteiger partial charge in [-0.05, 0) is 105 Å². The van der Waals surface area contributed by atoms with Crippen molar-refractivity contribution in [1.82, 2.24) is 13.7 Å². The molecule has 0 aliphatic rings. The van der Waals surface area contributed by atoms with Crippen LogP contribution in [0, 0.1) is 0 Å². The van der Waals surface area contributed by atoms with E-state index in [2.05, 4.69) is 287 Å². The maximum atomic E-state index is 2.50. The third-order valence-electron chi connectivity index (χ3n) is 14.8. The SMILES string of the molecule is c1ccc(-n2c3ccccc3c3ccc(-c4ccc5c(c4)c4ccccc4n5-c4cccc5c4c4ccccc4n5-c4cccc([Si](c5ccccc5)(c5ccccc5)c5ccccc5)c4)cc32)cc1. The number of hydrogen-bond acceptors (Lipinski definition) is 0. The Morgan fingerprint density at radius 1 is 0.229 bits per heavy atom. The maximum Gasteiger partial charge on any atom is 0.179 e. The highest BCUT2D eigenvalue weighted by Crippen LogP contribution is 2.42. The average Bonchev–Trinajstić information content (AvgIpc) is 4.08. The van der Waals surface area contributed by atoms with E-state index < -0.39 is 8.07 Å². The van der Waals surface area contributed by atoms with E-state index in [0.717, 1.165) is 17.1 Å². The van der Waals surface area contributed by atoms with Gasteiger partial charge in [-0.1, -0.05) is 200 Å². The van der Waals surface area contributed by atoms with Gasteiger partial charge in [-0.25, -0.2) is 0 Å². The van der Waals surface area contributed by atoms with Crippen LogP contribution in [0.5, 0.6) is 0 Å². The van der Waals surface area contributed by atoms with Crippen LogP contribution in [0.15, 0.2) is 273 Å². The fourth-order valence-electron chi connectivity index (χ4n) is 11.8. The number of fused-ring (bicyclic) bond motifs is 9. The van der Waals surface area contributed by atoms with Gasteiger partial charge >= 0.3 is 0 Å². The Kier molecular flexibility index (Phi) is 9.23. The molecule has 0 saturated heterocycles. The Hall–Kier alpha value is -8.96. The topological polar surface area (TPSA) is 14.8 Å². The lowest BCUT2D eigenvalue weighted by molar-refractivity contribution is 1.17. The predicted octanol–water partition coefficient (Wildman–Crippen LogP) is 14.0. The molecule has 0 fully saturated rings. The Labute approximate surface area is 407 Å². The second-order valence-electron chi connectivity index (χ2n) is 18.4. The minimum atomic E-state index is -2.78. The van der Waals surface area contributed by atoms with E-state index in [1.165, 1.54) is 97.3 Å². The Morgan fingerprint density at radius 2 is 0.657 bits per heavy atom. The molecule has 0 unspecified atom stereocenters. The largest absolute Gasteiger partial charge is 0.309 e. The minimum absolute atomic E-state index is 1.15. The van der Waals surface area contributed by atoms with E-state index in [1.807, 2.05) is 0 Å². The Balaban J connectivity index is 0.968. The summed E-state index contributed by atoms with van der Waals surface area (Å²) in [4.78, 5) is 0. The highest BCUT2D eigenvalue weighted by atomic mass is 28.3. The van der Waals surface area contributed by atoms with Crippen molar-refractivity contribution >= 4 is 94.2 Å². The molecule has 0 radical (unpaired) electrons. The van der Waals surface area contributed by atoms with Gasteiger partial charge < -0.3 is 13.7 Å². The molecular weight excluding hydrogens is 863 g/mol.